The van der Waals surface area contributed by atoms with Crippen LogP contribution < -0.4 is 10.6 Å². The number of likely N-dealkylation sites (tertiary alicyclic amines) is 1. The van der Waals surface area contributed by atoms with E-state index in [0.29, 0.717) is 25.8 Å². The van der Waals surface area contributed by atoms with Crippen molar-refractivity contribution in [3.63, 3.8) is 0 Å². The van der Waals surface area contributed by atoms with E-state index in [1.807, 2.05) is 20.8 Å². The summed E-state index contributed by atoms with van der Waals surface area (Å²) in [6.07, 6.45) is 2.40. The highest BCUT2D eigenvalue weighted by Gasteiger charge is 2.68. The van der Waals surface area contributed by atoms with E-state index < -0.39 is 48.0 Å². The number of amides is 3. The Morgan fingerprint density at radius 1 is 1.14 bits per heavy atom. The summed E-state index contributed by atoms with van der Waals surface area (Å²) >= 11 is 0. The molecule has 4 atom stereocenters. The van der Waals surface area contributed by atoms with E-state index in [4.69, 9.17) is 13.8 Å². The van der Waals surface area contributed by atoms with Gasteiger partial charge in [0.05, 0.1) is 13.2 Å². The normalized spacial score (nSPS) is 25.2. The molecule has 1 aliphatic carbocycles. The summed E-state index contributed by atoms with van der Waals surface area (Å²) in [4.78, 5) is 41.2. The van der Waals surface area contributed by atoms with Crippen molar-refractivity contribution in [2.24, 2.45) is 11.3 Å². The molecule has 1 heterocycles. The van der Waals surface area contributed by atoms with Crippen LogP contribution in [0, 0.1) is 11.3 Å². The van der Waals surface area contributed by atoms with E-state index in [9.17, 15) is 18.9 Å². The fourth-order valence-electron chi connectivity index (χ4n) is 4.53. The van der Waals surface area contributed by atoms with Crippen LogP contribution in [0.15, 0.2) is 12.7 Å². The molecule has 0 aromatic carbocycles. The third-order valence-corrected chi connectivity index (χ3v) is 9.11. The molecule has 2 aliphatic rings. The molecule has 36 heavy (non-hydrogen) atoms. The molecular formula is C25H44N3O7P. The first kappa shape index (κ1) is 30.3. The van der Waals surface area contributed by atoms with Gasteiger partial charge < -0.3 is 29.3 Å². The van der Waals surface area contributed by atoms with Gasteiger partial charge in [-0.15, -0.1) is 6.58 Å². The molecule has 2 unspecified atom stereocenters. The number of alkyl carbamates (subject to hydrolysis) is 1. The summed E-state index contributed by atoms with van der Waals surface area (Å²) in [5.74, 6) is -1.06. The molecule has 0 aromatic heterocycles. The van der Waals surface area contributed by atoms with Crippen molar-refractivity contribution in [1.29, 1.82) is 0 Å². The van der Waals surface area contributed by atoms with Gasteiger partial charge in [-0.2, -0.15) is 0 Å². The van der Waals surface area contributed by atoms with Crippen molar-refractivity contribution in [2.45, 2.75) is 97.6 Å². The molecule has 3 amide bonds. The van der Waals surface area contributed by atoms with E-state index in [0.717, 1.165) is 0 Å². The highest BCUT2D eigenvalue weighted by atomic mass is 31.2. The van der Waals surface area contributed by atoms with Gasteiger partial charge in [0.1, 0.15) is 23.0 Å². The molecular weight excluding hydrogens is 485 g/mol. The van der Waals surface area contributed by atoms with Gasteiger partial charge >= 0.3 is 13.7 Å². The average molecular weight is 530 g/mol. The highest BCUT2D eigenvalue weighted by molar-refractivity contribution is 7.56. The standard InChI is InChI=1S/C25H44N3O7P/c1-10-17-16-25(17,36(32,33-11-2)34-12-3)27-20(29)18-14-13-15-28(18)21(30)19(23(4,5)6)26-22(31)35-24(7,8)9/h10,17-19H,1,11-16H2,2-9H3,(H,26,31)(H,27,29)/t17?,18-,19+,25?/m0/s1. The van der Waals surface area contributed by atoms with Crippen molar-refractivity contribution in [3.8, 4) is 0 Å². The van der Waals surface area contributed by atoms with Crippen molar-refractivity contribution in [2.75, 3.05) is 19.8 Å². The van der Waals surface area contributed by atoms with E-state index in [1.54, 1.807) is 40.7 Å². The first-order chi connectivity index (χ1) is 16.5. The molecule has 1 saturated heterocycles. The maximum atomic E-state index is 13.7. The van der Waals surface area contributed by atoms with Gasteiger partial charge in [0.25, 0.3) is 0 Å². The van der Waals surface area contributed by atoms with Crippen molar-refractivity contribution < 1.29 is 32.7 Å². The molecule has 1 saturated carbocycles. The van der Waals surface area contributed by atoms with Crippen LogP contribution in [0.25, 0.3) is 0 Å². The first-order valence-electron chi connectivity index (χ1n) is 12.7. The van der Waals surface area contributed by atoms with Crippen LogP contribution in [0.5, 0.6) is 0 Å². The Kier molecular flexibility index (Phi) is 9.46. The Balaban J connectivity index is 2.26. The minimum atomic E-state index is -3.69. The summed E-state index contributed by atoms with van der Waals surface area (Å²) in [6.45, 7) is 18.7. The van der Waals surface area contributed by atoms with Crippen molar-refractivity contribution in [1.82, 2.24) is 15.5 Å². The fourth-order valence-corrected chi connectivity index (χ4v) is 6.92. The van der Waals surface area contributed by atoms with Gasteiger partial charge in [0, 0.05) is 12.5 Å². The summed E-state index contributed by atoms with van der Waals surface area (Å²) in [5, 5.41) is 4.43. The van der Waals surface area contributed by atoms with Crippen LogP contribution in [0.2, 0.25) is 0 Å². The SMILES string of the molecule is C=CC1CC1(NC(=O)[C@@H]1CCCN1C(=O)[C@@H](NC(=O)OC(C)(C)C)C(C)(C)C)P(=O)(OCC)OCC. The lowest BCUT2D eigenvalue weighted by Crippen LogP contribution is -2.58. The molecule has 0 aromatic rings. The van der Waals surface area contributed by atoms with Gasteiger partial charge in [-0.25, -0.2) is 4.79 Å². The predicted octanol–water partition coefficient (Wildman–Crippen LogP) is 4.20. The number of carbonyl (C=O) groups is 3. The van der Waals surface area contributed by atoms with Gasteiger partial charge in [-0.1, -0.05) is 26.8 Å². The van der Waals surface area contributed by atoms with E-state index in [-0.39, 0.29) is 25.0 Å². The molecule has 1 aliphatic heterocycles. The largest absolute Gasteiger partial charge is 0.444 e. The molecule has 2 fully saturated rings. The molecule has 206 valence electrons. The minimum absolute atomic E-state index is 0.163. The van der Waals surface area contributed by atoms with Crippen LogP contribution >= 0.6 is 7.60 Å². The average Bonchev–Trinajstić information content (AvgIpc) is 3.23. The Morgan fingerprint density at radius 3 is 2.17 bits per heavy atom. The maximum absolute atomic E-state index is 13.7. The Labute approximate surface area is 215 Å². The zero-order chi connectivity index (χ0) is 27.5. The second-order valence-electron chi connectivity index (χ2n) is 11.4. The Morgan fingerprint density at radius 2 is 1.72 bits per heavy atom. The molecule has 2 rings (SSSR count). The molecule has 11 heteroatoms. The summed E-state index contributed by atoms with van der Waals surface area (Å²) < 4.78 is 30.1. The lowest BCUT2D eigenvalue weighted by atomic mass is 9.85. The smallest absolute Gasteiger partial charge is 0.408 e. The summed E-state index contributed by atoms with van der Waals surface area (Å²) in [6, 6.07) is -1.68. The molecule has 0 radical (unpaired) electrons. The third-order valence-electron chi connectivity index (χ3n) is 6.31. The maximum Gasteiger partial charge on any atom is 0.408 e. The molecule has 2 N–H and O–H groups in total. The van der Waals surface area contributed by atoms with E-state index in [1.165, 1.54) is 4.90 Å². The molecule has 0 bridgehead atoms. The first-order valence-corrected chi connectivity index (χ1v) is 14.2. The third kappa shape index (κ3) is 6.69. The molecule has 10 nitrogen and oxygen atoms in total. The predicted molar refractivity (Wildman–Crippen MR) is 137 cm³/mol. The van der Waals surface area contributed by atoms with Gasteiger partial charge in [-0.3, -0.25) is 14.2 Å². The number of hydrogen-bond acceptors (Lipinski definition) is 7. The zero-order valence-corrected chi connectivity index (χ0v) is 23.9. The van der Waals surface area contributed by atoms with Crippen LogP contribution in [0.1, 0.15) is 74.7 Å². The fraction of sp³-hybridized carbons (Fsp3) is 0.800. The van der Waals surface area contributed by atoms with E-state index >= 15 is 0 Å². The lowest BCUT2D eigenvalue weighted by molar-refractivity contribution is -0.142. The second-order valence-corrected chi connectivity index (χ2v) is 13.7. The van der Waals surface area contributed by atoms with Crippen LogP contribution in [-0.4, -0.2) is 65.5 Å². The number of hydrogen-bond donors (Lipinski definition) is 2. The zero-order valence-electron chi connectivity index (χ0n) is 23.0. The van der Waals surface area contributed by atoms with Gasteiger partial charge in [0.2, 0.25) is 11.8 Å². The van der Waals surface area contributed by atoms with Crippen molar-refractivity contribution in [3.05, 3.63) is 12.7 Å². The van der Waals surface area contributed by atoms with Gasteiger partial charge in [0.15, 0.2) is 0 Å². The van der Waals surface area contributed by atoms with E-state index in [2.05, 4.69) is 17.2 Å². The van der Waals surface area contributed by atoms with Crippen molar-refractivity contribution >= 4 is 25.5 Å². The van der Waals surface area contributed by atoms with Crippen LogP contribution in [-0.2, 0) is 27.9 Å². The molecule has 0 spiro atoms. The number of nitrogens with zero attached hydrogens (tertiary/aromatic N) is 1. The number of carbonyl (C=O) groups excluding carboxylic acids is 3. The topological polar surface area (TPSA) is 123 Å². The second kappa shape index (κ2) is 11.2. The quantitative estimate of drug-likeness (QED) is 0.321. The lowest BCUT2D eigenvalue weighted by Gasteiger charge is -2.36. The highest BCUT2D eigenvalue weighted by Crippen LogP contribution is 2.72. The number of rotatable bonds is 10. The minimum Gasteiger partial charge on any atom is -0.444 e. The summed E-state index contributed by atoms with van der Waals surface area (Å²) in [7, 11) is -3.69. The Hall–Kier alpha value is -1.90. The van der Waals surface area contributed by atoms with Crippen LogP contribution in [0.4, 0.5) is 4.79 Å². The number of ether oxygens (including phenoxy) is 1. The van der Waals surface area contributed by atoms with Gasteiger partial charge in [-0.05, 0) is 59.3 Å². The van der Waals surface area contributed by atoms with Crippen LogP contribution in [0.3, 0.4) is 0 Å². The Bertz CT molecular complexity index is 885. The number of nitrogens with one attached hydrogen (secondary N) is 2. The monoisotopic (exact) mass is 529 g/mol. The summed E-state index contributed by atoms with van der Waals surface area (Å²) in [5.41, 5.74) is -1.36.